The number of aliphatic hydroxyl groups is 1. The largest absolute Gasteiger partial charge is 0.475 e. The van der Waals surface area contributed by atoms with Gasteiger partial charge in [0.25, 0.3) is 0 Å². The van der Waals surface area contributed by atoms with Crippen LogP contribution in [0.5, 0.6) is 5.88 Å². The summed E-state index contributed by atoms with van der Waals surface area (Å²) < 4.78 is 5.18. The molecule has 1 aromatic heterocycles. The number of pyridine rings is 1. The Hall–Kier alpha value is -2.07. The van der Waals surface area contributed by atoms with Crippen molar-refractivity contribution in [1.82, 2.24) is 4.98 Å². The second-order valence-electron chi connectivity index (χ2n) is 3.80. The SMILES string of the molecule is OCCOc1ccc(NCc2ccccc2)cn1. The van der Waals surface area contributed by atoms with Crippen LogP contribution in [0.3, 0.4) is 0 Å². The number of ether oxygens (including phenoxy) is 1. The predicted molar refractivity (Wildman–Crippen MR) is 70.6 cm³/mol. The van der Waals surface area contributed by atoms with E-state index in [1.807, 2.05) is 24.3 Å². The number of nitrogens with zero attached hydrogens (tertiary/aromatic N) is 1. The number of hydrogen-bond acceptors (Lipinski definition) is 4. The molecule has 0 fully saturated rings. The van der Waals surface area contributed by atoms with Crippen molar-refractivity contribution in [2.75, 3.05) is 18.5 Å². The van der Waals surface area contributed by atoms with Crippen LogP contribution in [0.25, 0.3) is 0 Å². The lowest BCUT2D eigenvalue weighted by molar-refractivity contribution is 0.196. The minimum absolute atomic E-state index is 0.00428. The summed E-state index contributed by atoms with van der Waals surface area (Å²) in [4.78, 5) is 4.13. The standard InChI is InChI=1S/C14H16N2O2/c17-8-9-18-14-7-6-13(11-16-14)15-10-12-4-2-1-3-5-12/h1-7,11,15,17H,8-10H2. The molecule has 1 heterocycles. The lowest BCUT2D eigenvalue weighted by atomic mass is 10.2. The first-order valence-electron chi connectivity index (χ1n) is 5.86. The minimum atomic E-state index is -0.00428. The third-order valence-electron chi connectivity index (χ3n) is 2.42. The maximum absolute atomic E-state index is 8.63. The van der Waals surface area contributed by atoms with Crippen LogP contribution in [0.15, 0.2) is 48.7 Å². The van der Waals surface area contributed by atoms with E-state index in [4.69, 9.17) is 9.84 Å². The molecule has 2 aromatic rings. The average molecular weight is 244 g/mol. The van der Waals surface area contributed by atoms with Gasteiger partial charge in [-0.25, -0.2) is 4.98 Å². The predicted octanol–water partition coefficient (Wildman–Crippen LogP) is 2.06. The minimum Gasteiger partial charge on any atom is -0.475 e. The van der Waals surface area contributed by atoms with Crippen LogP contribution in [0.1, 0.15) is 5.56 Å². The van der Waals surface area contributed by atoms with Gasteiger partial charge >= 0.3 is 0 Å². The molecular formula is C14H16N2O2. The van der Waals surface area contributed by atoms with E-state index in [0.29, 0.717) is 5.88 Å². The Kier molecular flexibility index (Phi) is 4.55. The second kappa shape index (κ2) is 6.61. The van der Waals surface area contributed by atoms with Crippen LogP contribution in [-0.4, -0.2) is 23.3 Å². The van der Waals surface area contributed by atoms with Gasteiger partial charge in [-0.1, -0.05) is 30.3 Å². The van der Waals surface area contributed by atoms with Gasteiger partial charge in [0.05, 0.1) is 18.5 Å². The van der Waals surface area contributed by atoms with Crippen LogP contribution in [0, 0.1) is 0 Å². The summed E-state index contributed by atoms with van der Waals surface area (Å²) in [6.45, 7) is 1.03. The van der Waals surface area contributed by atoms with Gasteiger partial charge < -0.3 is 15.2 Å². The monoisotopic (exact) mass is 244 g/mol. The first-order chi connectivity index (χ1) is 8.88. The summed E-state index contributed by atoms with van der Waals surface area (Å²) in [6.07, 6.45) is 1.72. The van der Waals surface area contributed by atoms with Gasteiger partial charge in [-0.3, -0.25) is 0 Å². The third kappa shape index (κ3) is 3.75. The van der Waals surface area contributed by atoms with E-state index in [2.05, 4.69) is 22.4 Å². The van der Waals surface area contributed by atoms with Crippen LogP contribution in [0.2, 0.25) is 0 Å². The highest BCUT2D eigenvalue weighted by Gasteiger charge is 1.97. The van der Waals surface area contributed by atoms with E-state index < -0.39 is 0 Å². The van der Waals surface area contributed by atoms with E-state index in [9.17, 15) is 0 Å². The van der Waals surface area contributed by atoms with Crippen molar-refractivity contribution in [2.24, 2.45) is 0 Å². The summed E-state index contributed by atoms with van der Waals surface area (Å²) in [5, 5.41) is 11.9. The molecule has 4 heteroatoms. The lowest BCUT2D eigenvalue weighted by Crippen LogP contribution is -2.04. The number of anilines is 1. The van der Waals surface area contributed by atoms with Gasteiger partial charge in [-0.05, 0) is 11.6 Å². The van der Waals surface area contributed by atoms with E-state index >= 15 is 0 Å². The normalized spacial score (nSPS) is 10.1. The Morgan fingerprint density at radius 2 is 1.94 bits per heavy atom. The van der Waals surface area contributed by atoms with Gasteiger partial charge in [0.15, 0.2) is 0 Å². The second-order valence-corrected chi connectivity index (χ2v) is 3.80. The molecule has 0 aliphatic carbocycles. The van der Waals surface area contributed by atoms with Gasteiger partial charge in [0, 0.05) is 12.6 Å². The maximum Gasteiger partial charge on any atom is 0.213 e. The molecule has 18 heavy (non-hydrogen) atoms. The molecule has 0 atom stereocenters. The Morgan fingerprint density at radius 3 is 2.61 bits per heavy atom. The molecule has 94 valence electrons. The molecule has 0 amide bonds. The first-order valence-corrected chi connectivity index (χ1v) is 5.86. The van der Waals surface area contributed by atoms with Crippen molar-refractivity contribution in [1.29, 1.82) is 0 Å². The topological polar surface area (TPSA) is 54.4 Å². The van der Waals surface area contributed by atoms with Crippen molar-refractivity contribution < 1.29 is 9.84 Å². The van der Waals surface area contributed by atoms with Gasteiger partial charge in [0.1, 0.15) is 6.61 Å². The number of aromatic nitrogens is 1. The fourth-order valence-corrected chi connectivity index (χ4v) is 1.52. The Balaban J connectivity index is 1.86. The molecule has 0 bridgehead atoms. The molecule has 0 saturated heterocycles. The zero-order valence-corrected chi connectivity index (χ0v) is 10.0. The van der Waals surface area contributed by atoms with Crippen molar-refractivity contribution in [3.05, 3.63) is 54.2 Å². The summed E-state index contributed by atoms with van der Waals surface area (Å²) in [5.41, 5.74) is 2.16. The molecule has 2 N–H and O–H groups in total. The fourth-order valence-electron chi connectivity index (χ4n) is 1.52. The highest BCUT2D eigenvalue weighted by Crippen LogP contribution is 2.12. The number of hydrogen-bond donors (Lipinski definition) is 2. The molecule has 0 saturated carbocycles. The smallest absolute Gasteiger partial charge is 0.213 e. The van der Waals surface area contributed by atoms with E-state index in [0.717, 1.165) is 12.2 Å². The quantitative estimate of drug-likeness (QED) is 0.816. The summed E-state index contributed by atoms with van der Waals surface area (Å²) >= 11 is 0. The highest BCUT2D eigenvalue weighted by molar-refractivity contribution is 5.42. The van der Waals surface area contributed by atoms with Crippen molar-refractivity contribution >= 4 is 5.69 Å². The molecule has 0 aliphatic rings. The summed E-state index contributed by atoms with van der Waals surface area (Å²) in [6, 6.07) is 13.9. The number of nitrogens with one attached hydrogen (secondary N) is 1. The van der Waals surface area contributed by atoms with Crippen molar-refractivity contribution in [3.8, 4) is 5.88 Å². The molecular weight excluding hydrogens is 228 g/mol. The zero-order chi connectivity index (χ0) is 12.6. The number of rotatable bonds is 6. The zero-order valence-electron chi connectivity index (χ0n) is 10.0. The third-order valence-corrected chi connectivity index (χ3v) is 2.42. The van der Waals surface area contributed by atoms with Gasteiger partial charge in [0.2, 0.25) is 5.88 Å². The molecule has 0 spiro atoms. The van der Waals surface area contributed by atoms with E-state index in [-0.39, 0.29) is 13.2 Å². The lowest BCUT2D eigenvalue weighted by Gasteiger charge is -2.07. The van der Waals surface area contributed by atoms with Gasteiger partial charge in [-0.15, -0.1) is 0 Å². The maximum atomic E-state index is 8.63. The van der Waals surface area contributed by atoms with E-state index in [1.165, 1.54) is 5.56 Å². The van der Waals surface area contributed by atoms with Crippen LogP contribution >= 0.6 is 0 Å². The molecule has 0 aliphatic heterocycles. The Bertz CT molecular complexity index is 457. The van der Waals surface area contributed by atoms with Gasteiger partial charge in [-0.2, -0.15) is 0 Å². The Morgan fingerprint density at radius 1 is 1.11 bits per heavy atom. The number of benzene rings is 1. The molecule has 4 nitrogen and oxygen atoms in total. The molecule has 0 radical (unpaired) electrons. The fraction of sp³-hybridized carbons (Fsp3) is 0.214. The molecule has 2 rings (SSSR count). The molecule has 1 aromatic carbocycles. The Labute approximate surface area is 106 Å². The van der Waals surface area contributed by atoms with Crippen molar-refractivity contribution in [3.63, 3.8) is 0 Å². The summed E-state index contributed by atoms with van der Waals surface area (Å²) in [7, 11) is 0. The van der Waals surface area contributed by atoms with Crippen molar-refractivity contribution in [2.45, 2.75) is 6.54 Å². The average Bonchev–Trinajstić information content (AvgIpc) is 2.45. The highest BCUT2D eigenvalue weighted by atomic mass is 16.5. The van der Waals surface area contributed by atoms with Crippen LogP contribution < -0.4 is 10.1 Å². The number of aliphatic hydroxyl groups excluding tert-OH is 1. The summed E-state index contributed by atoms with van der Waals surface area (Å²) in [5.74, 6) is 0.523. The molecule has 0 unspecified atom stereocenters. The van der Waals surface area contributed by atoms with E-state index in [1.54, 1.807) is 12.3 Å². The van der Waals surface area contributed by atoms with Crippen LogP contribution in [-0.2, 0) is 6.54 Å². The first kappa shape index (κ1) is 12.4. The van der Waals surface area contributed by atoms with Crippen LogP contribution in [0.4, 0.5) is 5.69 Å².